The summed E-state index contributed by atoms with van der Waals surface area (Å²) in [5, 5.41) is 0.787. The predicted octanol–water partition coefficient (Wildman–Crippen LogP) is 1.59. The number of benzene rings is 1. The van der Waals surface area contributed by atoms with Crippen LogP contribution in [0.5, 0.6) is 0 Å². The summed E-state index contributed by atoms with van der Waals surface area (Å²) in [6, 6.07) is 8.33. The number of hydrogen-bond donors (Lipinski definition) is 1. The van der Waals surface area contributed by atoms with Crippen LogP contribution in [0.2, 0.25) is 5.02 Å². The molecule has 0 unspecified atom stereocenters. The van der Waals surface area contributed by atoms with Gasteiger partial charge >= 0.3 is 0 Å². The van der Waals surface area contributed by atoms with Gasteiger partial charge in [-0.3, -0.25) is 4.90 Å². The Labute approximate surface area is 108 Å². The summed E-state index contributed by atoms with van der Waals surface area (Å²) in [5.41, 5.74) is 7.15. The first kappa shape index (κ1) is 12.8. The van der Waals surface area contributed by atoms with Crippen LogP contribution in [0.15, 0.2) is 24.3 Å². The predicted molar refractivity (Wildman–Crippen MR) is 72.3 cm³/mol. The Morgan fingerprint density at radius 2 is 2.00 bits per heavy atom. The Hall–Kier alpha value is -0.610. The molecule has 1 saturated heterocycles. The quantitative estimate of drug-likeness (QED) is 0.888. The van der Waals surface area contributed by atoms with E-state index < -0.39 is 0 Å². The van der Waals surface area contributed by atoms with Gasteiger partial charge < -0.3 is 10.6 Å². The molecule has 0 bridgehead atoms. The van der Waals surface area contributed by atoms with Crippen molar-refractivity contribution in [2.75, 3.05) is 39.8 Å². The maximum atomic E-state index is 6.04. The van der Waals surface area contributed by atoms with Crippen molar-refractivity contribution in [1.29, 1.82) is 0 Å². The molecule has 0 aromatic heterocycles. The van der Waals surface area contributed by atoms with Crippen molar-refractivity contribution in [2.24, 2.45) is 5.73 Å². The average Bonchev–Trinajstić information content (AvgIpc) is 2.33. The van der Waals surface area contributed by atoms with Crippen molar-refractivity contribution in [3.63, 3.8) is 0 Å². The van der Waals surface area contributed by atoms with Gasteiger partial charge in [-0.15, -0.1) is 0 Å². The first-order valence-electron chi connectivity index (χ1n) is 6.09. The molecule has 1 aliphatic heterocycles. The lowest BCUT2D eigenvalue weighted by atomic mass is 10.0. The van der Waals surface area contributed by atoms with Gasteiger partial charge in [0.2, 0.25) is 0 Å². The largest absolute Gasteiger partial charge is 0.329 e. The van der Waals surface area contributed by atoms with E-state index in [-0.39, 0.29) is 0 Å². The molecule has 3 nitrogen and oxygen atoms in total. The first-order chi connectivity index (χ1) is 8.20. The van der Waals surface area contributed by atoms with Gasteiger partial charge in [-0.2, -0.15) is 0 Å². The second-order valence-corrected chi connectivity index (χ2v) is 5.08. The van der Waals surface area contributed by atoms with Crippen LogP contribution in [0.4, 0.5) is 0 Å². The zero-order valence-corrected chi connectivity index (χ0v) is 11.0. The number of nitrogens with two attached hydrogens (primary N) is 1. The summed E-state index contributed by atoms with van der Waals surface area (Å²) < 4.78 is 0. The van der Waals surface area contributed by atoms with Gasteiger partial charge in [-0.1, -0.05) is 23.7 Å². The lowest BCUT2D eigenvalue weighted by molar-refractivity contribution is 0.114. The average molecular weight is 254 g/mol. The highest BCUT2D eigenvalue weighted by Gasteiger charge is 2.22. The molecule has 4 heteroatoms. The maximum Gasteiger partial charge on any atom is 0.0472 e. The van der Waals surface area contributed by atoms with Crippen LogP contribution in [-0.2, 0) is 0 Å². The number of rotatable bonds is 3. The summed E-state index contributed by atoms with van der Waals surface area (Å²) in [5.74, 6) is 0. The third-order valence-corrected chi connectivity index (χ3v) is 3.67. The van der Waals surface area contributed by atoms with E-state index in [4.69, 9.17) is 17.3 Å². The van der Waals surface area contributed by atoms with Gasteiger partial charge in [0.25, 0.3) is 0 Å². The number of piperazine rings is 1. The van der Waals surface area contributed by atoms with E-state index in [9.17, 15) is 0 Å². The van der Waals surface area contributed by atoms with E-state index >= 15 is 0 Å². The van der Waals surface area contributed by atoms with Crippen molar-refractivity contribution >= 4 is 11.6 Å². The summed E-state index contributed by atoms with van der Waals surface area (Å²) in [7, 11) is 2.16. The Morgan fingerprint density at radius 3 is 2.59 bits per heavy atom. The second kappa shape index (κ2) is 5.83. The zero-order valence-electron chi connectivity index (χ0n) is 10.3. The number of hydrogen-bond acceptors (Lipinski definition) is 3. The lowest BCUT2D eigenvalue weighted by Crippen LogP contribution is -2.47. The summed E-state index contributed by atoms with van der Waals surface area (Å²) in [6.45, 7) is 5.01. The zero-order chi connectivity index (χ0) is 12.3. The van der Waals surface area contributed by atoms with Crippen molar-refractivity contribution < 1.29 is 0 Å². The minimum absolute atomic E-state index is 0.294. The van der Waals surface area contributed by atoms with Gasteiger partial charge in [0, 0.05) is 43.8 Å². The fourth-order valence-electron chi connectivity index (χ4n) is 2.34. The van der Waals surface area contributed by atoms with E-state index in [1.54, 1.807) is 0 Å². The maximum absolute atomic E-state index is 6.04. The van der Waals surface area contributed by atoms with Crippen LogP contribution in [0.25, 0.3) is 0 Å². The van der Waals surface area contributed by atoms with Gasteiger partial charge in [0.1, 0.15) is 0 Å². The highest BCUT2D eigenvalue weighted by Crippen LogP contribution is 2.23. The summed E-state index contributed by atoms with van der Waals surface area (Å²) in [6.07, 6.45) is 0. The van der Waals surface area contributed by atoms with E-state index in [1.807, 2.05) is 18.2 Å². The normalized spacial score (nSPS) is 20.4. The minimum Gasteiger partial charge on any atom is -0.329 e. The van der Waals surface area contributed by atoms with E-state index in [2.05, 4.69) is 22.9 Å². The molecule has 1 aliphatic rings. The van der Waals surface area contributed by atoms with Gasteiger partial charge in [0.05, 0.1) is 0 Å². The SMILES string of the molecule is CN1CCN([C@H](CN)c2cccc(Cl)c2)CC1. The molecule has 2 N–H and O–H groups in total. The van der Waals surface area contributed by atoms with Gasteiger partial charge in [0.15, 0.2) is 0 Å². The van der Waals surface area contributed by atoms with Crippen LogP contribution in [0, 0.1) is 0 Å². The topological polar surface area (TPSA) is 32.5 Å². The molecule has 17 heavy (non-hydrogen) atoms. The molecule has 2 rings (SSSR count). The molecule has 1 atom stereocenters. The molecule has 0 aliphatic carbocycles. The fourth-order valence-corrected chi connectivity index (χ4v) is 2.54. The molecule has 1 aromatic carbocycles. The number of likely N-dealkylation sites (N-methyl/N-ethyl adjacent to an activating group) is 1. The van der Waals surface area contributed by atoms with Crippen LogP contribution < -0.4 is 5.73 Å². The Kier molecular flexibility index (Phi) is 4.40. The molecule has 94 valence electrons. The molecular weight excluding hydrogens is 234 g/mol. The molecule has 1 fully saturated rings. The Balaban J connectivity index is 2.10. The van der Waals surface area contributed by atoms with Gasteiger partial charge in [-0.25, -0.2) is 0 Å². The van der Waals surface area contributed by atoms with Crippen molar-refractivity contribution in [3.05, 3.63) is 34.9 Å². The summed E-state index contributed by atoms with van der Waals surface area (Å²) in [4.78, 5) is 4.80. The van der Waals surface area contributed by atoms with Crippen LogP contribution in [-0.4, -0.2) is 49.6 Å². The second-order valence-electron chi connectivity index (χ2n) is 4.65. The van der Waals surface area contributed by atoms with E-state index in [1.165, 1.54) is 5.56 Å². The van der Waals surface area contributed by atoms with Crippen LogP contribution >= 0.6 is 11.6 Å². The lowest BCUT2D eigenvalue weighted by Gasteiger charge is -2.37. The molecule has 1 heterocycles. The molecule has 0 saturated carbocycles. The van der Waals surface area contributed by atoms with Crippen molar-refractivity contribution in [1.82, 2.24) is 9.80 Å². The minimum atomic E-state index is 0.294. The fraction of sp³-hybridized carbons (Fsp3) is 0.538. The Morgan fingerprint density at radius 1 is 1.29 bits per heavy atom. The van der Waals surface area contributed by atoms with Crippen LogP contribution in [0.1, 0.15) is 11.6 Å². The smallest absolute Gasteiger partial charge is 0.0472 e. The number of nitrogens with zero attached hydrogens (tertiary/aromatic N) is 2. The van der Waals surface area contributed by atoms with E-state index in [0.29, 0.717) is 12.6 Å². The molecule has 0 amide bonds. The molecular formula is C13H20ClN3. The molecule has 1 aromatic rings. The molecule has 0 spiro atoms. The standard InChI is InChI=1S/C13H20ClN3/c1-16-5-7-17(8-6-16)13(10-15)11-3-2-4-12(14)9-11/h2-4,9,13H,5-8,10,15H2,1H3/t13-/m1/s1. The van der Waals surface area contributed by atoms with Crippen molar-refractivity contribution in [3.8, 4) is 0 Å². The Bertz CT molecular complexity index is 361. The van der Waals surface area contributed by atoms with Crippen LogP contribution in [0.3, 0.4) is 0 Å². The highest BCUT2D eigenvalue weighted by molar-refractivity contribution is 6.30. The highest BCUT2D eigenvalue weighted by atomic mass is 35.5. The van der Waals surface area contributed by atoms with E-state index in [0.717, 1.165) is 31.2 Å². The summed E-state index contributed by atoms with van der Waals surface area (Å²) >= 11 is 6.04. The monoisotopic (exact) mass is 253 g/mol. The van der Waals surface area contributed by atoms with Gasteiger partial charge in [-0.05, 0) is 24.7 Å². The number of halogens is 1. The first-order valence-corrected chi connectivity index (χ1v) is 6.46. The molecule has 0 radical (unpaired) electrons. The third-order valence-electron chi connectivity index (χ3n) is 3.44. The third kappa shape index (κ3) is 3.19. The van der Waals surface area contributed by atoms with Crippen molar-refractivity contribution in [2.45, 2.75) is 6.04 Å².